The highest BCUT2D eigenvalue weighted by molar-refractivity contribution is 7.89. The van der Waals surface area contributed by atoms with Crippen molar-refractivity contribution in [2.45, 2.75) is 24.8 Å². The van der Waals surface area contributed by atoms with E-state index in [1.165, 1.54) is 6.20 Å². The largest absolute Gasteiger partial charge is 0.497 e. The summed E-state index contributed by atoms with van der Waals surface area (Å²) in [5, 5.41) is 10.1. The third-order valence-corrected chi connectivity index (χ3v) is 5.76. The van der Waals surface area contributed by atoms with Crippen LogP contribution < -0.4 is 9.46 Å². The van der Waals surface area contributed by atoms with Crippen molar-refractivity contribution in [2.75, 3.05) is 7.11 Å². The standard InChI is InChI=1S/C19H22N4O3S/c1-13(2)19(18-12-20-23-21-18)22-27(24,25)17-10-6-15(7-11-17)14-4-8-16(26-3)9-5-14/h4-13,19,22H,1-3H3,(H,20,21,23). The van der Waals surface area contributed by atoms with Gasteiger partial charge in [-0.15, -0.1) is 5.10 Å². The Morgan fingerprint density at radius 3 is 2.07 bits per heavy atom. The lowest BCUT2D eigenvalue weighted by Crippen LogP contribution is -2.32. The van der Waals surface area contributed by atoms with Gasteiger partial charge in [0.15, 0.2) is 0 Å². The number of methoxy groups -OCH3 is 1. The van der Waals surface area contributed by atoms with Crippen LogP contribution in [-0.4, -0.2) is 30.9 Å². The second-order valence-electron chi connectivity index (χ2n) is 6.51. The predicted octanol–water partition coefficient (Wildman–Crippen LogP) is 3.16. The van der Waals surface area contributed by atoms with Crippen molar-refractivity contribution < 1.29 is 13.2 Å². The lowest BCUT2D eigenvalue weighted by molar-refractivity contribution is 0.415. The summed E-state index contributed by atoms with van der Waals surface area (Å²) in [6, 6.07) is 13.9. The van der Waals surface area contributed by atoms with Gasteiger partial charge in [-0.25, -0.2) is 13.1 Å². The molecule has 0 saturated heterocycles. The predicted molar refractivity (Wildman–Crippen MR) is 103 cm³/mol. The molecule has 0 aliphatic rings. The molecule has 0 aliphatic carbocycles. The number of sulfonamides is 1. The number of benzene rings is 2. The van der Waals surface area contributed by atoms with Crippen molar-refractivity contribution in [3.63, 3.8) is 0 Å². The van der Waals surface area contributed by atoms with Crippen LogP contribution in [0.25, 0.3) is 11.1 Å². The van der Waals surface area contributed by atoms with Crippen LogP contribution in [0.4, 0.5) is 0 Å². The Morgan fingerprint density at radius 1 is 1.00 bits per heavy atom. The number of nitrogens with one attached hydrogen (secondary N) is 2. The highest BCUT2D eigenvalue weighted by Gasteiger charge is 2.25. The zero-order valence-corrected chi connectivity index (χ0v) is 16.2. The van der Waals surface area contributed by atoms with Crippen LogP contribution in [0.1, 0.15) is 25.6 Å². The summed E-state index contributed by atoms with van der Waals surface area (Å²) in [5.74, 6) is 0.802. The first-order valence-corrected chi connectivity index (χ1v) is 10.0. The van der Waals surface area contributed by atoms with Crippen molar-refractivity contribution in [1.29, 1.82) is 0 Å². The van der Waals surface area contributed by atoms with Gasteiger partial charge in [0.05, 0.1) is 29.9 Å². The molecule has 3 aromatic rings. The molecular formula is C19H22N4O3S. The van der Waals surface area contributed by atoms with Gasteiger partial charge in [-0.1, -0.05) is 43.3 Å². The summed E-state index contributed by atoms with van der Waals surface area (Å²) in [6.45, 7) is 3.86. The minimum atomic E-state index is -3.69. The average Bonchev–Trinajstić information content (AvgIpc) is 3.20. The molecular weight excluding hydrogens is 364 g/mol. The number of hydrogen-bond donors (Lipinski definition) is 2. The Hall–Kier alpha value is -2.71. The molecule has 7 nitrogen and oxygen atoms in total. The normalized spacial score (nSPS) is 12.9. The van der Waals surface area contributed by atoms with Crippen LogP contribution in [0.5, 0.6) is 5.75 Å². The van der Waals surface area contributed by atoms with Crippen LogP contribution in [0.2, 0.25) is 0 Å². The lowest BCUT2D eigenvalue weighted by atomic mass is 10.0. The first-order chi connectivity index (χ1) is 12.9. The first kappa shape index (κ1) is 19.1. The van der Waals surface area contributed by atoms with E-state index in [2.05, 4.69) is 20.1 Å². The molecule has 8 heteroatoms. The SMILES string of the molecule is COc1ccc(-c2ccc(S(=O)(=O)NC(c3cnn[nH]3)C(C)C)cc2)cc1. The molecule has 2 aromatic carbocycles. The fraction of sp³-hybridized carbons (Fsp3) is 0.263. The highest BCUT2D eigenvalue weighted by Crippen LogP contribution is 2.25. The van der Waals surface area contributed by atoms with E-state index in [9.17, 15) is 8.42 Å². The van der Waals surface area contributed by atoms with Crippen LogP contribution in [0.15, 0.2) is 59.6 Å². The van der Waals surface area contributed by atoms with Gasteiger partial charge in [0.25, 0.3) is 0 Å². The van der Waals surface area contributed by atoms with E-state index in [1.54, 1.807) is 31.4 Å². The summed E-state index contributed by atoms with van der Waals surface area (Å²) in [5.41, 5.74) is 2.54. The molecule has 0 spiro atoms. The van der Waals surface area contributed by atoms with Gasteiger partial charge in [0, 0.05) is 0 Å². The minimum absolute atomic E-state index is 0.0283. The number of nitrogens with zero attached hydrogens (tertiary/aromatic N) is 2. The second-order valence-corrected chi connectivity index (χ2v) is 8.22. The second kappa shape index (κ2) is 7.89. The third kappa shape index (κ3) is 4.35. The maximum Gasteiger partial charge on any atom is 0.241 e. The van der Waals surface area contributed by atoms with Gasteiger partial charge in [0.1, 0.15) is 5.75 Å². The summed E-state index contributed by atoms with van der Waals surface area (Å²) in [4.78, 5) is 0.206. The van der Waals surface area contributed by atoms with E-state index in [-0.39, 0.29) is 10.8 Å². The maximum atomic E-state index is 12.8. The molecule has 2 N–H and O–H groups in total. The number of H-pyrrole nitrogens is 1. The first-order valence-electron chi connectivity index (χ1n) is 8.53. The molecule has 0 bridgehead atoms. The van der Waals surface area contributed by atoms with Crippen LogP contribution in [-0.2, 0) is 10.0 Å². The highest BCUT2D eigenvalue weighted by atomic mass is 32.2. The van der Waals surface area contributed by atoms with E-state index in [4.69, 9.17) is 4.74 Å². The fourth-order valence-corrected chi connectivity index (χ4v) is 4.12. The monoisotopic (exact) mass is 386 g/mol. The number of aromatic amines is 1. The Bertz CT molecular complexity index is 967. The molecule has 0 aliphatic heterocycles. The molecule has 0 saturated carbocycles. The Labute approximate surface area is 158 Å². The zero-order chi connectivity index (χ0) is 19.4. The number of rotatable bonds is 7. The molecule has 0 radical (unpaired) electrons. The van der Waals surface area contributed by atoms with Crippen molar-refractivity contribution in [3.05, 3.63) is 60.4 Å². The van der Waals surface area contributed by atoms with Gasteiger partial charge in [-0.3, -0.25) is 5.10 Å². The van der Waals surface area contributed by atoms with Gasteiger partial charge in [0.2, 0.25) is 10.0 Å². The van der Waals surface area contributed by atoms with E-state index < -0.39 is 16.1 Å². The molecule has 142 valence electrons. The molecule has 3 rings (SSSR count). The lowest BCUT2D eigenvalue weighted by Gasteiger charge is -2.20. The molecule has 1 heterocycles. The van der Waals surface area contributed by atoms with Crippen molar-refractivity contribution in [2.24, 2.45) is 5.92 Å². The van der Waals surface area contributed by atoms with Gasteiger partial charge < -0.3 is 4.74 Å². The summed E-state index contributed by atoms with van der Waals surface area (Å²) < 4.78 is 33.5. The van der Waals surface area contributed by atoms with E-state index in [0.29, 0.717) is 5.69 Å². The Kier molecular flexibility index (Phi) is 5.57. The third-order valence-electron chi connectivity index (χ3n) is 4.31. The Morgan fingerprint density at radius 2 is 1.59 bits per heavy atom. The molecule has 1 unspecified atom stereocenters. The Balaban J connectivity index is 1.82. The van der Waals surface area contributed by atoms with Crippen LogP contribution in [0.3, 0.4) is 0 Å². The number of aromatic nitrogens is 3. The van der Waals surface area contributed by atoms with Gasteiger partial charge in [-0.05, 0) is 41.3 Å². The van der Waals surface area contributed by atoms with Crippen LogP contribution >= 0.6 is 0 Å². The molecule has 27 heavy (non-hydrogen) atoms. The smallest absolute Gasteiger partial charge is 0.241 e. The zero-order valence-electron chi connectivity index (χ0n) is 15.4. The number of ether oxygens (including phenoxy) is 1. The topological polar surface area (TPSA) is 97.0 Å². The summed E-state index contributed by atoms with van der Waals surface area (Å²) >= 11 is 0. The average molecular weight is 386 g/mol. The quantitative estimate of drug-likeness (QED) is 0.650. The van der Waals surface area contributed by atoms with E-state index in [1.807, 2.05) is 38.1 Å². The molecule has 0 fully saturated rings. The number of hydrogen-bond acceptors (Lipinski definition) is 5. The summed E-state index contributed by atoms with van der Waals surface area (Å²) in [6.07, 6.45) is 1.53. The minimum Gasteiger partial charge on any atom is -0.497 e. The van der Waals surface area contributed by atoms with Crippen molar-refractivity contribution >= 4 is 10.0 Å². The van der Waals surface area contributed by atoms with E-state index in [0.717, 1.165) is 16.9 Å². The van der Waals surface area contributed by atoms with Crippen molar-refractivity contribution in [3.8, 4) is 16.9 Å². The van der Waals surface area contributed by atoms with Crippen molar-refractivity contribution in [1.82, 2.24) is 20.1 Å². The van der Waals surface area contributed by atoms with Gasteiger partial charge >= 0.3 is 0 Å². The van der Waals surface area contributed by atoms with E-state index >= 15 is 0 Å². The van der Waals surface area contributed by atoms with Gasteiger partial charge in [-0.2, -0.15) is 0 Å². The fourth-order valence-electron chi connectivity index (χ4n) is 2.76. The molecule has 1 aromatic heterocycles. The summed E-state index contributed by atoms with van der Waals surface area (Å²) in [7, 11) is -2.07. The van der Waals surface area contributed by atoms with Crippen LogP contribution in [0, 0.1) is 5.92 Å². The maximum absolute atomic E-state index is 12.8. The molecule has 1 atom stereocenters. The molecule has 0 amide bonds.